The zero-order valence-electron chi connectivity index (χ0n) is 12.8. The first-order valence-corrected chi connectivity index (χ1v) is 7.03. The molecule has 0 saturated carbocycles. The fourth-order valence-electron chi connectivity index (χ4n) is 1.93. The molecule has 3 rings (SSSR count). The van der Waals surface area contributed by atoms with Gasteiger partial charge in [-0.2, -0.15) is 4.80 Å². The Morgan fingerprint density at radius 1 is 1.26 bits per heavy atom. The van der Waals surface area contributed by atoms with Gasteiger partial charge in [-0.15, -0.1) is 10.2 Å². The van der Waals surface area contributed by atoms with Crippen LogP contribution in [0.3, 0.4) is 0 Å². The van der Waals surface area contributed by atoms with E-state index in [9.17, 15) is 4.79 Å². The molecule has 0 amide bonds. The summed E-state index contributed by atoms with van der Waals surface area (Å²) in [5.41, 5.74) is 2.72. The van der Waals surface area contributed by atoms with Crippen molar-refractivity contribution in [2.24, 2.45) is 0 Å². The minimum atomic E-state index is -0.480. The van der Waals surface area contributed by atoms with Crippen LogP contribution in [-0.4, -0.2) is 31.3 Å². The smallest absolute Gasteiger partial charge is 0.330 e. The van der Waals surface area contributed by atoms with Crippen LogP contribution in [0.15, 0.2) is 34.9 Å². The number of esters is 1. The molecule has 0 radical (unpaired) electrons. The maximum Gasteiger partial charge on any atom is 0.330 e. The molecule has 118 valence electrons. The van der Waals surface area contributed by atoms with E-state index in [-0.39, 0.29) is 13.2 Å². The molecule has 8 heteroatoms. The standard InChI is InChI=1S/C15H15N5O3/c1-10-3-5-12(6-4-10)15-16-19-20(17-15)8-14(21)22-9-13-7-11(2)18-23-13/h3-7H,8-9H2,1-2H3. The van der Waals surface area contributed by atoms with Crippen LogP contribution in [0.4, 0.5) is 0 Å². The quantitative estimate of drug-likeness (QED) is 0.661. The van der Waals surface area contributed by atoms with Crippen LogP contribution >= 0.6 is 0 Å². The SMILES string of the molecule is Cc1ccc(-c2nnn(CC(=O)OCc3cc(C)no3)n2)cc1. The summed E-state index contributed by atoms with van der Waals surface area (Å²) >= 11 is 0. The average Bonchev–Trinajstić information content (AvgIpc) is 3.15. The van der Waals surface area contributed by atoms with Gasteiger partial charge >= 0.3 is 5.97 Å². The second-order valence-electron chi connectivity index (χ2n) is 5.10. The molecule has 0 aliphatic carbocycles. The Morgan fingerprint density at radius 3 is 2.74 bits per heavy atom. The number of benzene rings is 1. The Kier molecular flexibility index (Phi) is 4.13. The molecule has 3 aromatic rings. The summed E-state index contributed by atoms with van der Waals surface area (Å²) in [4.78, 5) is 13.0. The van der Waals surface area contributed by atoms with Crippen LogP contribution in [0.1, 0.15) is 17.0 Å². The summed E-state index contributed by atoms with van der Waals surface area (Å²) in [6, 6.07) is 9.44. The monoisotopic (exact) mass is 313 g/mol. The molecule has 0 N–H and O–H groups in total. The van der Waals surface area contributed by atoms with E-state index >= 15 is 0 Å². The van der Waals surface area contributed by atoms with Gasteiger partial charge in [0.05, 0.1) is 5.69 Å². The van der Waals surface area contributed by atoms with Crippen molar-refractivity contribution in [1.29, 1.82) is 0 Å². The van der Waals surface area contributed by atoms with Gasteiger partial charge in [-0.05, 0) is 19.1 Å². The molecule has 0 aliphatic heterocycles. The molecule has 0 fully saturated rings. The fourth-order valence-corrected chi connectivity index (χ4v) is 1.93. The summed E-state index contributed by atoms with van der Waals surface area (Å²) in [7, 11) is 0. The first kappa shape index (κ1) is 14.9. The van der Waals surface area contributed by atoms with Gasteiger partial charge in [0.2, 0.25) is 5.82 Å². The number of nitrogens with zero attached hydrogens (tertiary/aromatic N) is 5. The molecular formula is C15H15N5O3. The minimum absolute atomic E-state index is 0.0270. The molecule has 1 aromatic carbocycles. The first-order valence-electron chi connectivity index (χ1n) is 7.03. The first-order chi connectivity index (χ1) is 11.1. The molecule has 0 aliphatic rings. The van der Waals surface area contributed by atoms with Crippen molar-refractivity contribution >= 4 is 5.97 Å². The van der Waals surface area contributed by atoms with Crippen molar-refractivity contribution in [1.82, 2.24) is 25.4 Å². The summed E-state index contributed by atoms with van der Waals surface area (Å²) < 4.78 is 10.0. The summed E-state index contributed by atoms with van der Waals surface area (Å²) in [6.07, 6.45) is 0. The number of carbonyl (C=O) groups excluding carboxylic acids is 1. The maximum absolute atomic E-state index is 11.8. The van der Waals surface area contributed by atoms with E-state index < -0.39 is 5.97 Å². The molecule has 0 unspecified atom stereocenters. The lowest BCUT2D eigenvalue weighted by Crippen LogP contribution is -2.15. The number of hydrogen-bond donors (Lipinski definition) is 0. The third-order valence-electron chi connectivity index (χ3n) is 3.09. The molecule has 0 bridgehead atoms. The number of rotatable bonds is 5. The Labute approximate surface area is 132 Å². The van der Waals surface area contributed by atoms with Crippen molar-refractivity contribution < 1.29 is 14.1 Å². The topological polar surface area (TPSA) is 95.9 Å². The zero-order valence-corrected chi connectivity index (χ0v) is 12.8. The molecular weight excluding hydrogens is 298 g/mol. The summed E-state index contributed by atoms with van der Waals surface area (Å²) in [5.74, 6) is 0.471. The fraction of sp³-hybridized carbons (Fsp3) is 0.267. The van der Waals surface area contributed by atoms with Crippen LogP contribution in [0.2, 0.25) is 0 Å². The summed E-state index contributed by atoms with van der Waals surface area (Å²) in [6.45, 7) is 3.70. The van der Waals surface area contributed by atoms with Gasteiger partial charge in [-0.1, -0.05) is 35.0 Å². The van der Waals surface area contributed by atoms with Crippen molar-refractivity contribution in [3.05, 3.63) is 47.3 Å². The van der Waals surface area contributed by atoms with E-state index in [1.54, 1.807) is 13.0 Å². The van der Waals surface area contributed by atoms with E-state index in [1.165, 1.54) is 4.80 Å². The molecule has 0 atom stereocenters. The van der Waals surface area contributed by atoms with E-state index in [0.29, 0.717) is 11.6 Å². The van der Waals surface area contributed by atoms with E-state index in [1.807, 2.05) is 31.2 Å². The Hall–Kier alpha value is -3.03. The van der Waals surface area contributed by atoms with Crippen molar-refractivity contribution in [2.75, 3.05) is 0 Å². The molecule has 2 heterocycles. The van der Waals surface area contributed by atoms with E-state index in [2.05, 4.69) is 20.6 Å². The maximum atomic E-state index is 11.8. The van der Waals surface area contributed by atoms with Crippen LogP contribution in [-0.2, 0) is 22.7 Å². The second kappa shape index (κ2) is 6.39. The molecule has 8 nitrogen and oxygen atoms in total. The zero-order chi connectivity index (χ0) is 16.2. The number of ether oxygens (including phenoxy) is 1. The predicted molar refractivity (Wildman–Crippen MR) is 79.0 cm³/mol. The van der Waals surface area contributed by atoms with Gasteiger partial charge in [0, 0.05) is 11.6 Å². The van der Waals surface area contributed by atoms with Crippen LogP contribution < -0.4 is 0 Å². The van der Waals surface area contributed by atoms with Gasteiger partial charge in [-0.3, -0.25) is 0 Å². The van der Waals surface area contributed by atoms with Gasteiger partial charge < -0.3 is 9.26 Å². The highest BCUT2D eigenvalue weighted by atomic mass is 16.5. The predicted octanol–water partition coefficient (Wildman–Crippen LogP) is 1.69. The minimum Gasteiger partial charge on any atom is -0.456 e. The molecule has 2 aromatic heterocycles. The van der Waals surface area contributed by atoms with Crippen molar-refractivity contribution in [3.63, 3.8) is 0 Å². The normalized spacial score (nSPS) is 10.7. The Morgan fingerprint density at radius 2 is 2.04 bits per heavy atom. The van der Waals surface area contributed by atoms with Crippen molar-refractivity contribution in [3.8, 4) is 11.4 Å². The Balaban J connectivity index is 1.58. The highest BCUT2D eigenvalue weighted by molar-refractivity contribution is 5.68. The third-order valence-corrected chi connectivity index (χ3v) is 3.09. The van der Waals surface area contributed by atoms with Gasteiger partial charge in [0.25, 0.3) is 0 Å². The van der Waals surface area contributed by atoms with Gasteiger partial charge in [0.1, 0.15) is 0 Å². The highest BCUT2D eigenvalue weighted by Crippen LogP contribution is 2.13. The van der Waals surface area contributed by atoms with E-state index in [0.717, 1.165) is 16.8 Å². The number of aryl methyl sites for hydroxylation is 2. The molecule has 23 heavy (non-hydrogen) atoms. The van der Waals surface area contributed by atoms with Crippen LogP contribution in [0.5, 0.6) is 0 Å². The highest BCUT2D eigenvalue weighted by Gasteiger charge is 2.11. The second-order valence-corrected chi connectivity index (χ2v) is 5.10. The number of hydrogen-bond acceptors (Lipinski definition) is 7. The third kappa shape index (κ3) is 3.79. The largest absolute Gasteiger partial charge is 0.456 e. The van der Waals surface area contributed by atoms with Crippen molar-refractivity contribution in [2.45, 2.75) is 27.0 Å². The van der Waals surface area contributed by atoms with Crippen LogP contribution in [0, 0.1) is 13.8 Å². The molecule has 0 saturated heterocycles. The average molecular weight is 313 g/mol. The lowest BCUT2D eigenvalue weighted by Gasteiger charge is -2.00. The lowest BCUT2D eigenvalue weighted by atomic mass is 10.1. The van der Waals surface area contributed by atoms with Gasteiger partial charge in [0.15, 0.2) is 18.9 Å². The lowest BCUT2D eigenvalue weighted by molar-refractivity contribution is -0.146. The Bertz CT molecular complexity index is 807. The van der Waals surface area contributed by atoms with Crippen LogP contribution in [0.25, 0.3) is 11.4 Å². The molecule has 0 spiro atoms. The summed E-state index contributed by atoms with van der Waals surface area (Å²) in [5, 5.41) is 15.7. The number of tetrazole rings is 1. The number of aromatic nitrogens is 5. The van der Waals surface area contributed by atoms with Gasteiger partial charge in [-0.25, -0.2) is 4.79 Å². The number of carbonyl (C=O) groups is 1. The van der Waals surface area contributed by atoms with E-state index in [4.69, 9.17) is 9.26 Å².